The molecule has 0 amide bonds. The minimum absolute atomic E-state index is 0.0390. The first-order valence-electron chi connectivity index (χ1n) is 10.7. The summed E-state index contributed by atoms with van der Waals surface area (Å²) in [4.78, 5) is 1.92. The van der Waals surface area contributed by atoms with E-state index in [9.17, 15) is 0 Å². The molecule has 1 aliphatic heterocycles. The van der Waals surface area contributed by atoms with Gasteiger partial charge in [-0.25, -0.2) is 0 Å². The fraction of sp³-hybridized carbons (Fsp3) is 0.200. The van der Waals surface area contributed by atoms with Crippen LogP contribution in [0.3, 0.4) is 0 Å². The van der Waals surface area contributed by atoms with E-state index in [1.54, 1.807) is 0 Å². The van der Waals surface area contributed by atoms with Gasteiger partial charge in [0, 0.05) is 23.4 Å². The van der Waals surface area contributed by atoms with Gasteiger partial charge in [0.2, 0.25) is 11.7 Å². The van der Waals surface area contributed by atoms with Crippen LogP contribution in [0.15, 0.2) is 83.5 Å². The molecule has 0 radical (unpaired) electrons. The summed E-state index contributed by atoms with van der Waals surface area (Å²) >= 11 is 0. The Balaban J connectivity index is 1.38. The van der Waals surface area contributed by atoms with Crippen molar-refractivity contribution in [3.05, 3.63) is 84.6 Å². The Bertz CT molecular complexity index is 1280. The Morgan fingerprint density at radius 3 is 2.55 bits per heavy atom. The number of ether oxygens (including phenoxy) is 1. The molecule has 0 bridgehead atoms. The van der Waals surface area contributed by atoms with Crippen molar-refractivity contribution < 1.29 is 9.26 Å². The Kier molecular flexibility index (Phi) is 5.26. The molecule has 5 rings (SSSR count). The monoisotopic (exact) mass is 440 g/mol. The van der Waals surface area contributed by atoms with Crippen LogP contribution in [0.1, 0.15) is 26.3 Å². The number of benzene rings is 2. The second kappa shape index (κ2) is 8.38. The van der Waals surface area contributed by atoms with E-state index in [1.807, 2.05) is 77.9 Å². The average molecular weight is 441 g/mol. The SMILES string of the molecule is CC(C)(C)c1ccccc1OC1C=CC=CN1c1cc(-c2ccc(-c3nn[nH]n3)cc2)no1. The lowest BCUT2D eigenvalue weighted by Gasteiger charge is -2.30. The van der Waals surface area contributed by atoms with Crippen LogP contribution >= 0.6 is 0 Å². The number of para-hydroxylation sites is 1. The number of aromatic nitrogens is 5. The van der Waals surface area contributed by atoms with Gasteiger partial charge in [-0.15, -0.1) is 10.2 Å². The molecule has 4 aromatic rings. The van der Waals surface area contributed by atoms with Crippen molar-refractivity contribution in [1.29, 1.82) is 0 Å². The second-order valence-electron chi connectivity index (χ2n) is 8.75. The standard InChI is InChI=1S/C25H24N6O2/c1-25(2,3)19-8-4-5-9-21(19)32-22-10-6-7-15-31(22)23-16-20(28-33-23)17-11-13-18(14-12-17)24-26-29-30-27-24/h4-16,22H,1-3H3,(H,26,27,29,30). The summed E-state index contributed by atoms with van der Waals surface area (Å²) in [5.74, 6) is 1.98. The van der Waals surface area contributed by atoms with Crippen molar-refractivity contribution in [1.82, 2.24) is 25.8 Å². The van der Waals surface area contributed by atoms with Gasteiger partial charge < -0.3 is 9.26 Å². The van der Waals surface area contributed by atoms with Gasteiger partial charge in [0.05, 0.1) is 0 Å². The van der Waals surface area contributed by atoms with Crippen LogP contribution < -0.4 is 9.64 Å². The number of hydrogen-bond acceptors (Lipinski definition) is 7. The Hall–Kier alpha value is -4.20. The molecular formula is C25H24N6O2. The Morgan fingerprint density at radius 2 is 1.79 bits per heavy atom. The van der Waals surface area contributed by atoms with Crippen molar-refractivity contribution in [2.45, 2.75) is 32.4 Å². The second-order valence-corrected chi connectivity index (χ2v) is 8.75. The molecule has 8 nitrogen and oxygen atoms in total. The number of nitrogens with zero attached hydrogens (tertiary/aromatic N) is 5. The first-order chi connectivity index (χ1) is 16.0. The lowest BCUT2D eigenvalue weighted by molar-refractivity contribution is 0.237. The summed E-state index contributed by atoms with van der Waals surface area (Å²) in [5, 5.41) is 18.3. The highest BCUT2D eigenvalue weighted by atomic mass is 16.5. The number of rotatable bonds is 5. The molecule has 0 spiro atoms. The topological polar surface area (TPSA) is 93.0 Å². The molecule has 8 heteroatoms. The number of hydrogen-bond donors (Lipinski definition) is 1. The van der Waals surface area contributed by atoms with E-state index in [4.69, 9.17) is 9.26 Å². The molecule has 1 aliphatic rings. The summed E-state index contributed by atoms with van der Waals surface area (Å²) in [6.07, 6.45) is 7.46. The molecule has 1 N–H and O–H groups in total. The normalized spacial score (nSPS) is 15.7. The Labute approximate surface area is 191 Å². The number of nitrogens with one attached hydrogen (secondary N) is 1. The van der Waals surface area contributed by atoms with E-state index in [-0.39, 0.29) is 11.6 Å². The van der Waals surface area contributed by atoms with Crippen LogP contribution in [0.2, 0.25) is 0 Å². The number of aromatic amines is 1. The number of allylic oxidation sites excluding steroid dienone is 2. The number of anilines is 1. The van der Waals surface area contributed by atoms with Gasteiger partial charge in [-0.05, 0) is 34.4 Å². The lowest BCUT2D eigenvalue weighted by Crippen LogP contribution is -2.35. The highest BCUT2D eigenvalue weighted by Crippen LogP contribution is 2.34. The van der Waals surface area contributed by atoms with Gasteiger partial charge >= 0.3 is 0 Å². The Morgan fingerprint density at radius 1 is 1.00 bits per heavy atom. The predicted molar refractivity (Wildman–Crippen MR) is 125 cm³/mol. The molecule has 0 saturated carbocycles. The molecule has 1 unspecified atom stereocenters. The average Bonchev–Trinajstić information content (AvgIpc) is 3.52. The zero-order valence-electron chi connectivity index (χ0n) is 18.6. The first-order valence-corrected chi connectivity index (χ1v) is 10.7. The van der Waals surface area contributed by atoms with Crippen molar-refractivity contribution in [3.8, 4) is 28.4 Å². The van der Waals surface area contributed by atoms with Gasteiger partial charge in [0.1, 0.15) is 11.4 Å². The lowest BCUT2D eigenvalue weighted by atomic mass is 9.86. The third kappa shape index (κ3) is 4.27. The summed E-state index contributed by atoms with van der Waals surface area (Å²) in [6.45, 7) is 6.53. The smallest absolute Gasteiger partial charge is 0.235 e. The van der Waals surface area contributed by atoms with E-state index in [0.717, 1.165) is 28.1 Å². The van der Waals surface area contributed by atoms with E-state index < -0.39 is 0 Å². The third-order valence-electron chi connectivity index (χ3n) is 5.39. The molecule has 2 aromatic carbocycles. The van der Waals surface area contributed by atoms with Crippen molar-refractivity contribution in [3.63, 3.8) is 0 Å². The van der Waals surface area contributed by atoms with Gasteiger partial charge in [-0.3, -0.25) is 4.90 Å². The quantitative estimate of drug-likeness (QED) is 0.461. The van der Waals surface area contributed by atoms with E-state index in [2.05, 4.69) is 52.6 Å². The molecule has 33 heavy (non-hydrogen) atoms. The predicted octanol–water partition coefficient (Wildman–Crippen LogP) is 5.11. The minimum atomic E-state index is -0.361. The van der Waals surface area contributed by atoms with Crippen molar-refractivity contribution in [2.75, 3.05) is 4.90 Å². The zero-order chi connectivity index (χ0) is 22.8. The maximum Gasteiger partial charge on any atom is 0.235 e. The van der Waals surface area contributed by atoms with Gasteiger partial charge in [-0.2, -0.15) is 5.21 Å². The van der Waals surface area contributed by atoms with E-state index in [0.29, 0.717) is 11.7 Å². The highest BCUT2D eigenvalue weighted by molar-refractivity contribution is 5.67. The summed E-state index contributed by atoms with van der Waals surface area (Å²) in [5.41, 5.74) is 3.62. The maximum atomic E-state index is 6.43. The van der Waals surface area contributed by atoms with Crippen LogP contribution in [-0.4, -0.2) is 32.0 Å². The van der Waals surface area contributed by atoms with Crippen LogP contribution in [0.5, 0.6) is 5.75 Å². The van der Waals surface area contributed by atoms with Crippen molar-refractivity contribution in [2.24, 2.45) is 0 Å². The van der Waals surface area contributed by atoms with E-state index in [1.165, 1.54) is 0 Å². The molecule has 0 saturated heterocycles. The molecule has 2 aromatic heterocycles. The maximum absolute atomic E-state index is 6.43. The number of H-pyrrole nitrogens is 1. The summed E-state index contributed by atoms with van der Waals surface area (Å²) in [7, 11) is 0. The van der Waals surface area contributed by atoms with Crippen molar-refractivity contribution >= 4 is 5.88 Å². The fourth-order valence-electron chi connectivity index (χ4n) is 3.69. The molecule has 0 aliphatic carbocycles. The molecule has 1 atom stereocenters. The van der Waals surface area contributed by atoms with Crippen LogP contribution in [0.25, 0.3) is 22.6 Å². The molecule has 166 valence electrons. The van der Waals surface area contributed by atoms with Crippen LogP contribution in [0, 0.1) is 0 Å². The van der Waals surface area contributed by atoms with E-state index >= 15 is 0 Å². The largest absolute Gasteiger partial charge is 0.466 e. The number of tetrazole rings is 1. The van der Waals surface area contributed by atoms with Crippen LogP contribution in [0.4, 0.5) is 5.88 Å². The molecular weight excluding hydrogens is 416 g/mol. The third-order valence-corrected chi connectivity index (χ3v) is 5.39. The van der Waals surface area contributed by atoms with Gasteiger partial charge in [0.25, 0.3) is 0 Å². The zero-order valence-corrected chi connectivity index (χ0v) is 18.6. The van der Waals surface area contributed by atoms with Gasteiger partial charge in [0.15, 0.2) is 6.23 Å². The van der Waals surface area contributed by atoms with Gasteiger partial charge in [-0.1, -0.05) is 74.5 Å². The minimum Gasteiger partial charge on any atom is -0.466 e. The van der Waals surface area contributed by atoms with Crippen LogP contribution in [-0.2, 0) is 5.41 Å². The summed E-state index contributed by atoms with van der Waals surface area (Å²) < 4.78 is 12.1. The highest BCUT2D eigenvalue weighted by Gasteiger charge is 2.25. The fourth-order valence-corrected chi connectivity index (χ4v) is 3.69. The first kappa shape index (κ1) is 20.7. The summed E-state index contributed by atoms with van der Waals surface area (Å²) in [6, 6.07) is 17.8. The molecule has 3 heterocycles. The molecule has 0 fully saturated rings.